The lowest BCUT2D eigenvalue weighted by atomic mass is 10.3. The number of para-hydroxylation sites is 2. The van der Waals surface area contributed by atoms with Gasteiger partial charge in [0.25, 0.3) is 0 Å². The van der Waals surface area contributed by atoms with E-state index < -0.39 is 0 Å². The molecule has 0 radical (unpaired) electrons. The minimum atomic E-state index is -0.148. The number of benzene rings is 1. The lowest BCUT2D eigenvalue weighted by molar-refractivity contribution is -0.121. The van der Waals surface area contributed by atoms with E-state index in [0.29, 0.717) is 25.3 Å². The summed E-state index contributed by atoms with van der Waals surface area (Å²) in [5, 5.41) is 16.9. The summed E-state index contributed by atoms with van der Waals surface area (Å²) >= 11 is 0. The number of amides is 1. The van der Waals surface area contributed by atoms with Gasteiger partial charge in [-0.25, -0.2) is 4.98 Å². The number of aromatic nitrogens is 4. The molecular weight excluding hydrogens is 330 g/mol. The summed E-state index contributed by atoms with van der Waals surface area (Å²) in [4.78, 5) is 16.7. The molecule has 0 saturated heterocycles. The predicted octanol–water partition coefficient (Wildman–Crippen LogP) is 2.11. The molecule has 0 bridgehead atoms. The van der Waals surface area contributed by atoms with Crippen molar-refractivity contribution in [3.63, 3.8) is 0 Å². The Bertz CT molecular complexity index is 912. The maximum atomic E-state index is 12.3. The smallest absolute Gasteiger partial charge is 0.221 e. The maximum Gasteiger partial charge on any atom is 0.221 e. The molecule has 0 aliphatic rings. The summed E-state index contributed by atoms with van der Waals surface area (Å²) in [5.41, 5.74) is 3.82. The third kappa shape index (κ3) is 3.77. The van der Waals surface area contributed by atoms with Crippen molar-refractivity contribution >= 4 is 16.9 Å². The fourth-order valence-electron chi connectivity index (χ4n) is 3.24. The highest BCUT2D eigenvalue weighted by Gasteiger charge is 2.13. The van der Waals surface area contributed by atoms with Crippen molar-refractivity contribution in [3.05, 3.63) is 47.5 Å². The molecule has 0 aliphatic heterocycles. The van der Waals surface area contributed by atoms with Crippen molar-refractivity contribution in [2.75, 3.05) is 6.54 Å². The van der Waals surface area contributed by atoms with Gasteiger partial charge in [0.2, 0.25) is 5.91 Å². The molecule has 0 unspecified atom stereocenters. The molecule has 138 valence electrons. The number of carbonyl (C=O) groups excluding carboxylic acids is 1. The number of aryl methyl sites for hydroxylation is 3. The van der Waals surface area contributed by atoms with Gasteiger partial charge in [-0.1, -0.05) is 12.1 Å². The van der Waals surface area contributed by atoms with E-state index in [1.54, 1.807) is 0 Å². The number of hydrogen-bond donors (Lipinski definition) is 2. The molecule has 7 heteroatoms. The van der Waals surface area contributed by atoms with Gasteiger partial charge in [-0.15, -0.1) is 0 Å². The van der Waals surface area contributed by atoms with Crippen LogP contribution in [0.4, 0.5) is 0 Å². The number of imidazole rings is 1. The van der Waals surface area contributed by atoms with Crippen LogP contribution in [0.3, 0.4) is 0 Å². The van der Waals surface area contributed by atoms with Crippen molar-refractivity contribution in [1.82, 2.24) is 24.6 Å². The zero-order valence-corrected chi connectivity index (χ0v) is 15.4. The third-order valence-electron chi connectivity index (χ3n) is 4.49. The van der Waals surface area contributed by atoms with Crippen molar-refractivity contribution in [3.8, 4) is 0 Å². The summed E-state index contributed by atoms with van der Waals surface area (Å²) in [6.07, 6.45) is 0.331. The van der Waals surface area contributed by atoms with E-state index in [1.807, 2.05) is 60.4 Å². The van der Waals surface area contributed by atoms with Crippen LogP contribution in [0.15, 0.2) is 30.3 Å². The lowest BCUT2D eigenvalue weighted by Crippen LogP contribution is -2.31. The fourth-order valence-corrected chi connectivity index (χ4v) is 3.24. The molecule has 2 heterocycles. The quantitative estimate of drug-likeness (QED) is 0.680. The number of fused-ring (bicyclic) bond motifs is 1. The first-order valence-corrected chi connectivity index (χ1v) is 8.84. The second-order valence-corrected chi connectivity index (χ2v) is 6.60. The average molecular weight is 355 g/mol. The number of aliphatic hydroxyl groups is 1. The van der Waals surface area contributed by atoms with Gasteiger partial charge >= 0.3 is 0 Å². The van der Waals surface area contributed by atoms with Gasteiger partial charge in [0.15, 0.2) is 0 Å². The molecule has 26 heavy (non-hydrogen) atoms. The molecule has 1 atom stereocenters. The zero-order valence-electron chi connectivity index (χ0n) is 15.4. The van der Waals surface area contributed by atoms with Crippen molar-refractivity contribution in [2.45, 2.75) is 46.4 Å². The number of carbonyl (C=O) groups is 1. The first-order chi connectivity index (χ1) is 12.5. The van der Waals surface area contributed by atoms with E-state index in [4.69, 9.17) is 0 Å². The lowest BCUT2D eigenvalue weighted by Gasteiger charge is -2.15. The van der Waals surface area contributed by atoms with Crippen molar-refractivity contribution in [2.24, 2.45) is 0 Å². The maximum absolute atomic E-state index is 12.3. The standard InChI is InChI=1S/C19H25N5O2/c1-13-10-14(2)24(22-13)15(3)11-20-19(26)8-9-23-17-7-5-4-6-16(17)21-18(23)12-25/h4-7,10,15,25H,8-9,11-12H2,1-3H3,(H,20,26)/t15-/m1/s1. The van der Waals surface area contributed by atoms with Crippen LogP contribution >= 0.6 is 0 Å². The van der Waals surface area contributed by atoms with Crippen LogP contribution in [0, 0.1) is 13.8 Å². The molecule has 0 fully saturated rings. The van der Waals surface area contributed by atoms with Crippen LogP contribution < -0.4 is 5.32 Å². The van der Waals surface area contributed by atoms with E-state index in [-0.39, 0.29) is 18.6 Å². The number of aliphatic hydroxyl groups excluding tert-OH is 1. The molecule has 2 aromatic heterocycles. The van der Waals surface area contributed by atoms with E-state index in [9.17, 15) is 9.90 Å². The van der Waals surface area contributed by atoms with E-state index >= 15 is 0 Å². The van der Waals surface area contributed by atoms with Crippen LogP contribution in [0.1, 0.15) is 36.6 Å². The number of nitrogens with one attached hydrogen (secondary N) is 1. The SMILES string of the molecule is Cc1cc(C)n([C@H](C)CNC(=O)CCn2c(CO)nc3ccccc32)n1. The average Bonchev–Trinajstić information content (AvgIpc) is 3.16. The Kier molecular flexibility index (Phi) is 5.37. The van der Waals surface area contributed by atoms with Gasteiger partial charge in [0.1, 0.15) is 12.4 Å². The topological polar surface area (TPSA) is 85.0 Å². The van der Waals surface area contributed by atoms with Gasteiger partial charge in [0.05, 0.1) is 22.8 Å². The highest BCUT2D eigenvalue weighted by molar-refractivity contribution is 5.78. The molecule has 0 saturated carbocycles. The normalized spacial score (nSPS) is 12.5. The predicted molar refractivity (Wildman–Crippen MR) is 99.7 cm³/mol. The molecular formula is C19H25N5O2. The first-order valence-electron chi connectivity index (χ1n) is 8.84. The Hall–Kier alpha value is -2.67. The minimum Gasteiger partial charge on any atom is -0.388 e. The summed E-state index contributed by atoms with van der Waals surface area (Å²) in [6.45, 7) is 6.87. The number of nitrogens with zero attached hydrogens (tertiary/aromatic N) is 4. The molecule has 3 aromatic rings. The Morgan fingerprint density at radius 1 is 1.31 bits per heavy atom. The molecule has 7 nitrogen and oxygen atoms in total. The number of hydrogen-bond acceptors (Lipinski definition) is 4. The summed E-state index contributed by atoms with van der Waals surface area (Å²) in [7, 11) is 0. The largest absolute Gasteiger partial charge is 0.388 e. The number of rotatable bonds is 7. The van der Waals surface area contributed by atoms with Crippen molar-refractivity contribution < 1.29 is 9.90 Å². The summed E-state index contributed by atoms with van der Waals surface area (Å²) in [5.74, 6) is 0.551. The van der Waals surface area contributed by atoms with Gasteiger partial charge in [-0.2, -0.15) is 5.10 Å². The molecule has 2 N–H and O–H groups in total. The Morgan fingerprint density at radius 3 is 2.77 bits per heavy atom. The van der Waals surface area contributed by atoms with E-state index in [0.717, 1.165) is 22.4 Å². The van der Waals surface area contributed by atoms with Gasteiger partial charge in [-0.05, 0) is 39.0 Å². The summed E-state index contributed by atoms with van der Waals surface area (Å²) in [6, 6.07) is 9.81. The van der Waals surface area contributed by atoms with Crippen LogP contribution in [0.5, 0.6) is 0 Å². The minimum absolute atomic E-state index is 0.0277. The second-order valence-electron chi connectivity index (χ2n) is 6.60. The van der Waals surface area contributed by atoms with Crippen LogP contribution in [-0.2, 0) is 17.9 Å². The first kappa shape index (κ1) is 18.1. The third-order valence-corrected chi connectivity index (χ3v) is 4.49. The molecule has 0 spiro atoms. The molecule has 3 rings (SSSR count). The van der Waals surface area contributed by atoms with Crippen LogP contribution in [0.25, 0.3) is 11.0 Å². The monoisotopic (exact) mass is 355 g/mol. The Labute approximate surface area is 152 Å². The zero-order chi connectivity index (χ0) is 18.7. The van der Waals surface area contributed by atoms with Gasteiger partial charge in [0, 0.05) is 25.2 Å². The second kappa shape index (κ2) is 7.70. The fraction of sp³-hybridized carbons (Fsp3) is 0.421. The van der Waals surface area contributed by atoms with Crippen molar-refractivity contribution in [1.29, 1.82) is 0 Å². The Balaban J connectivity index is 1.58. The highest BCUT2D eigenvalue weighted by atomic mass is 16.3. The molecule has 1 aromatic carbocycles. The molecule has 0 aliphatic carbocycles. The van der Waals surface area contributed by atoms with Crippen LogP contribution in [0.2, 0.25) is 0 Å². The van der Waals surface area contributed by atoms with E-state index in [1.165, 1.54) is 0 Å². The van der Waals surface area contributed by atoms with Gasteiger partial charge < -0.3 is 15.0 Å². The molecule has 1 amide bonds. The van der Waals surface area contributed by atoms with E-state index in [2.05, 4.69) is 15.4 Å². The summed E-state index contributed by atoms with van der Waals surface area (Å²) < 4.78 is 3.84. The highest BCUT2D eigenvalue weighted by Crippen LogP contribution is 2.16. The van der Waals surface area contributed by atoms with Gasteiger partial charge in [-0.3, -0.25) is 9.48 Å². The Morgan fingerprint density at radius 2 is 2.08 bits per heavy atom. The van der Waals surface area contributed by atoms with Crippen LogP contribution in [-0.4, -0.2) is 36.9 Å².